The van der Waals surface area contributed by atoms with Crippen molar-refractivity contribution in [3.63, 3.8) is 0 Å². The van der Waals surface area contributed by atoms with Gasteiger partial charge in [-0.3, -0.25) is 10.3 Å². The molecule has 0 radical (unpaired) electrons. The molecule has 0 saturated carbocycles. The van der Waals surface area contributed by atoms with Crippen molar-refractivity contribution in [2.45, 2.75) is 17.4 Å². The van der Waals surface area contributed by atoms with Crippen LogP contribution in [0.1, 0.15) is 17.3 Å². The van der Waals surface area contributed by atoms with Crippen molar-refractivity contribution in [2.75, 3.05) is 12.4 Å². The van der Waals surface area contributed by atoms with Gasteiger partial charge in [-0.1, -0.05) is 72.3 Å². The van der Waals surface area contributed by atoms with Crippen LogP contribution in [0.5, 0.6) is 0 Å². The number of urea groups is 1. The van der Waals surface area contributed by atoms with Gasteiger partial charge in [-0.15, -0.1) is 0 Å². The van der Waals surface area contributed by atoms with E-state index >= 15 is 0 Å². The molecule has 4 aromatic rings. The molecule has 0 aliphatic carbocycles. The van der Waals surface area contributed by atoms with Crippen LogP contribution < -0.4 is 15.4 Å². The van der Waals surface area contributed by atoms with Crippen LogP contribution in [0, 0.1) is 0 Å². The summed E-state index contributed by atoms with van der Waals surface area (Å²) in [4.78, 5) is 28.9. The number of benzene rings is 3. The molecule has 0 spiro atoms. The van der Waals surface area contributed by atoms with Crippen molar-refractivity contribution in [1.29, 1.82) is 0 Å². The lowest BCUT2D eigenvalue weighted by Gasteiger charge is -2.22. The molecule has 1 heterocycles. The van der Waals surface area contributed by atoms with Crippen LogP contribution in [0.2, 0.25) is 5.02 Å². The lowest BCUT2D eigenvalue weighted by atomic mass is 9.95. The molecule has 3 aromatic carbocycles. The van der Waals surface area contributed by atoms with E-state index in [1.807, 2.05) is 41.1 Å². The standard InChI is InChI=1S/C28H25ClN4O5S/c1-38-28(35)31-21-15-13-20(14-16-21)22-10-7-17-30-26(22)24(18-19-8-3-2-4-9-19)32-27(34)33-39(36,37)25-12-6-5-11-23(25)29/h2-17,24H,18H2,1H3,(H,31,35)(H2,32,33,34)/t24-/m1/s1. The highest BCUT2D eigenvalue weighted by Gasteiger charge is 2.25. The Hall–Kier alpha value is -4.41. The number of carbonyl (C=O) groups is 2. The highest BCUT2D eigenvalue weighted by atomic mass is 35.5. The van der Waals surface area contributed by atoms with Crippen LogP contribution in [-0.2, 0) is 21.2 Å². The molecule has 3 amide bonds. The molecule has 0 saturated heterocycles. The normalized spacial score (nSPS) is 11.7. The minimum Gasteiger partial charge on any atom is -0.453 e. The minimum absolute atomic E-state index is 0.00390. The van der Waals surface area contributed by atoms with Crippen molar-refractivity contribution in [1.82, 2.24) is 15.0 Å². The number of hydrogen-bond donors (Lipinski definition) is 3. The predicted octanol–water partition coefficient (Wildman–Crippen LogP) is 5.55. The number of nitrogens with zero attached hydrogens (tertiary/aromatic N) is 1. The molecule has 1 atom stereocenters. The molecule has 0 aliphatic rings. The van der Waals surface area contributed by atoms with E-state index in [0.29, 0.717) is 17.8 Å². The number of carbonyl (C=O) groups excluding carboxylic acids is 2. The van der Waals surface area contributed by atoms with Crippen molar-refractivity contribution in [3.05, 3.63) is 113 Å². The van der Waals surface area contributed by atoms with E-state index in [2.05, 4.69) is 20.4 Å². The maximum absolute atomic E-state index is 13.0. The molecule has 200 valence electrons. The Kier molecular flexibility index (Phi) is 8.80. The smallest absolute Gasteiger partial charge is 0.411 e. The Labute approximate surface area is 231 Å². The van der Waals surface area contributed by atoms with Crippen molar-refractivity contribution in [2.24, 2.45) is 0 Å². The van der Waals surface area contributed by atoms with Gasteiger partial charge in [0.2, 0.25) is 0 Å². The van der Waals surface area contributed by atoms with Gasteiger partial charge in [0.05, 0.1) is 23.9 Å². The maximum Gasteiger partial charge on any atom is 0.411 e. The van der Waals surface area contributed by atoms with E-state index in [-0.39, 0.29) is 9.92 Å². The van der Waals surface area contributed by atoms with Gasteiger partial charge in [0.15, 0.2) is 0 Å². The second-order valence-corrected chi connectivity index (χ2v) is 10.4. The Balaban J connectivity index is 1.64. The van der Waals surface area contributed by atoms with Crippen molar-refractivity contribution >= 4 is 39.4 Å². The summed E-state index contributed by atoms with van der Waals surface area (Å²) in [5.41, 5.74) is 3.47. The first kappa shape index (κ1) is 27.6. The van der Waals surface area contributed by atoms with Gasteiger partial charge in [-0.2, -0.15) is 0 Å². The fourth-order valence-electron chi connectivity index (χ4n) is 3.93. The number of methoxy groups -OCH3 is 1. The molecule has 0 fully saturated rings. The fourth-order valence-corrected chi connectivity index (χ4v) is 5.37. The number of pyridine rings is 1. The summed E-state index contributed by atoms with van der Waals surface area (Å²) in [7, 11) is -2.95. The summed E-state index contributed by atoms with van der Waals surface area (Å²) in [5, 5.41) is 5.37. The quantitative estimate of drug-likeness (QED) is 0.257. The third kappa shape index (κ3) is 7.13. The summed E-state index contributed by atoms with van der Waals surface area (Å²) in [6.45, 7) is 0. The number of halogens is 1. The van der Waals surface area contributed by atoms with Crippen LogP contribution in [0.3, 0.4) is 0 Å². The van der Waals surface area contributed by atoms with Gasteiger partial charge in [0, 0.05) is 17.4 Å². The molecule has 4 rings (SSSR count). The van der Waals surface area contributed by atoms with Crippen LogP contribution in [0.4, 0.5) is 15.3 Å². The number of amides is 3. The number of ether oxygens (including phenoxy) is 1. The highest BCUT2D eigenvalue weighted by molar-refractivity contribution is 7.90. The molecular weight excluding hydrogens is 540 g/mol. The van der Waals surface area contributed by atoms with Gasteiger partial charge in [-0.05, 0) is 47.9 Å². The average Bonchev–Trinajstić information content (AvgIpc) is 2.93. The van der Waals surface area contributed by atoms with Gasteiger partial charge >= 0.3 is 12.1 Å². The van der Waals surface area contributed by atoms with Crippen LogP contribution >= 0.6 is 11.6 Å². The second kappa shape index (κ2) is 12.4. The minimum atomic E-state index is -4.23. The predicted molar refractivity (Wildman–Crippen MR) is 149 cm³/mol. The first-order valence-corrected chi connectivity index (χ1v) is 13.6. The zero-order valence-corrected chi connectivity index (χ0v) is 22.4. The van der Waals surface area contributed by atoms with Crippen LogP contribution in [-0.4, -0.2) is 32.6 Å². The average molecular weight is 565 g/mol. The topological polar surface area (TPSA) is 126 Å². The van der Waals surface area contributed by atoms with Crippen LogP contribution in [0.25, 0.3) is 11.1 Å². The number of aromatic nitrogens is 1. The third-order valence-electron chi connectivity index (χ3n) is 5.74. The molecule has 0 bridgehead atoms. The Morgan fingerprint density at radius 3 is 2.31 bits per heavy atom. The zero-order valence-electron chi connectivity index (χ0n) is 20.8. The first-order valence-electron chi connectivity index (χ1n) is 11.8. The van der Waals surface area contributed by atoms with Gasteiger partial charge < -0.3 is 10.1 Å². The largest absolute Gasteiger partial charge is 0.453 e. The number of anilines is 1. The molecule has 11 heteroatoms. The summed E-state index contributed by atoms with van der Waals surface area (Å²) >= 11 is 6.05. The van der Waals surface area contributed by atoms with E-state index in [4.69, 9.17) is 11.6 Å². The summed E-state index contributed by atoms with van der Waals surface area (Å²) in [5.74, 6) is 0. The number of rotatable bonds is 8. The highest BCUT2D eigenvalue weighted by Crippen LogP contribution is 2.30. The summed E-state index contributed by atoms with van der Waals surface area (Å²) < 4.78 is 32.4. The number of hydrogen-bond acceptors (Lipinski definition) is 6. The fraction of sp³-hybridized carbons (Fsp3) is 0.107. The SMILES string of the molecule is COC(=O)Nc1ccc(-c2cccnc2[C@@H](Cc2ccccc2)NC(=O)NS(=O)(=O)c2ccccc2Cl)cc1. The Morgan fingerprint density at radius 2 is 1.62 bits per heavy atom. The van der Waals surface area contributed by atoms with E-state index in [9.17, 15) is 18.0 Å². The molecule has 39 heavy (non-hydrogen) atoms. The van der Waals surface area contributed by atoms with E-state index in [1.165, 1.54) is 25.3 Å². The van der Waals surface area contributed by atoms with E-state index < -0.39 is 28.2 Å². The zero-order chi connectivity index (χ0) is 27.8. The van der Waals surface area contributed by atoms with Gasteiger partial charge in [0.1, 0.15) is 4.90 Å². The van der Waals surface area contributed by atoms with Crippen molar-refractivity contribution < 1.29 is 22.7 Å². The van der Waals surface area contributed by atoms with Crippen LogP contribution in [0.15, 0.2) is 102 Å². The Bertz CT molecular complexity index is 1560. The maximum atomic E-state index is 13.0. The number of nitrogens with one attached hydrogen (secondary N) is 3. The monoisotopic (exact) mass is 564 g/mol. The summed E-state index contributed by atoms with van der Waals surface area (Å²) in [6, 6.07) is 24.3. The Morgan fingerprint density at radius 1 is 0.923 bits per heavy atom. The molecular formula is C28H25ClN4O5S. The summed E-state index contributed by atoms with van der Waals surface area (Å²) in [6.07, 6.45) is 1.35. The molecule has 0 unspecified atom stereocenters. The molecule has 1 aromatic heterocycles. The molecule has 9 nitrogen and oxygen atoms in total. The second-order valence-electron chi connectivity index (χ2n) is 8.38. The van der Waals surface area contributed by atoms with Gasteiger partial charge in [0.25, 0.3) is 10.0 Å². The third-order valence-corrected chi connectivity index (χ3v) is 7.57. The van der Waals surface area contributed by atoms with Crippen molar-refractivity contribution in [3.8, 4) is 11.1 Å². The van der Waals surface area contributed by atoms with E-state index in [1.54, 1.807) is 42.6 Å². The lowest BCUT2D eigenvalue weighted by Crippen LogP contribution is -2.42. The van der Waals surface area contributed by atoms with Gasteiger partial charge in [-0.25, -0.2) is 22.7 Å². The molecule has 0 aliphatic heterocycles. The lowest BCUT2D eigenvalue weighted by molar-refractivity contribution is 0.187. The first-order chi connectivity index (χ1) is 18.8. The molecule has 3 N–H and O–H groups in total. The van der Waals surface area contributed by atoms with E-state index in [0.717, 1.165) is 16.7 Å². The number of sulfonamides is 1.